The molecule has 0 aliphatic heterocycles. The maximum atomic E-state index is 11.8. The van der Waals surface area contributed by atoms with Gasteiger partial charge in [-0.15, -0.1) is 0 Å². The van der Waals surface area contributed by atoms with Crippen LogP contribution < -0.4 is 5.73 Å². The summed E-state index contributed by atoms with van der Waals surface area (Å²) in [5, 5.41) is 0. The third-order valence-corrected chi connectivity index (χ3v) is 1.24. The van der Waals surface area contributed by atoms with E-state index >= 15 is 0 Å². The first-order valence-electron chi connectivity index (χ1n) is 2.20. The molecule has 1 aliphatic rings. The van der Waals surface area contributed by atoms with Crippen molar-refractivity contribution in [3.63, 3.8) is 0 Å². The fourth-order valence-corrected chi connectivity index (χ4v) is 0.485. The molecule has 1 rings (SSSR count). The Hall–Kier alpha value is -0.110. The summed E-state index contributed by atoms with van der Waals surface area (Å²) in [6.45, 7) is 0. The largest absolute Gasteiger partial charge is 0.325 e. The fraction of sp³-hybridized carbons (Fsp3) is 1.00. The smallest absolute Gasteiger partial charge is 0.115 e. The summed E-state index contributed by atoms with van der Waals surface area (Å²) in [5.74, 6) is 0. The first-order valence-corrected chi connectivity index (χ1v) is 2.20. The molecule has 1 fully saturated rings. The number of hydrogen-bond acceptors (Lipinski definition) is 1. The zero-order valence-corrected chi connectivity index (χ0v) is 3.52. The van der Waals surface area contributed by atoms with Crippen LogP contribution in [0.25, 0.3) is 0 Å². The van der Waals surface area contributed by atoms with Crippen LogP contribution >= 0.6 is 0 Å². The molecule has 2 heteroatoms. The molecule has 2 N–H and O–H groups in total. The van der Waals surface area contributed by atoms with Gasteiger partial charge in [-0.25, -0.2) is 4.39 Å². The van der Waals surface area contributed by atoms with Crippen molar-refractivity contribution < 1.29 is 4.39 Å². The van der Waals surface area contributed by atoms with Gasteiger partial charge in [0, 0.05) is 6.04 Å². The van der Waals surface area contributed by atoms with Crippen molar-refractivity contribution in [3.8, 4) is 0 Å². The molecular formula is C4H8FN. The molecule has 0 spiro atoms. The van der Waals surface area contributed by atoms with Crippen LogP contribution in [-0.2, 0) is 0 Å². The van der Waals surface area contributed by atoms with E-state index in [9.17, 15) is 4.39 Å². The van der Waals surface area contributed by atoms with Gasteiger partial charge in [0.25, 0.3) is 0 Å². The zero-order valence-electron chi connectivity index (χ0n) is 3.52. The Kier molecular flexibility index (Phi) is 0.804. The van der Waals surface area contributed by atoms with Gasteiger partial charge < -0.3 is 5.73 Å². The van der Waals surface area contributed by atoms with E-state index in [-0.39, 0.29) is 6.04 Å². The lowest BCUT2D eigenvalue weighted by Gasteiger charge is -2.25. The third-order valence-electron chi connectivity index (χ3n) is 1.24. The highest BCUT2D eigenvalue weighted by molar-refractivity contribution is 4.82. The highest BCUT2D eigenvalue weighted by atomic mass is 19.1. The summed E-state index contributed by atoms with van der Waals surface area (Å²) in [5.41, 5.74) is 5.15. The van der Waals surface area contributed by atoms with Crippen LogP contribution in [0, 0.1) is 0 Å². The summed E-state index contributed by atoms with van der Waals surface area (Å²) in [6.07, 6.45) is 0.868. The second-order valence-corrected chi connectivity index (χ2v) is 1.76. The highest BCUT2D eigenvalue weighted by Crippen LogP contribution is 2.19. The normalized spacial score (nSPS) is 45.0. The minimum Gasteiger partial charge on any atom is -0.325 e. The van der Waals surface area contributed by atoms with Gasteiger partial charge in [0.05, 0.1) is 0 Å². The zero-order chi connectivity index (χ0) is 4.57. The molecule has 1 aliphatic carbocycles. The highest BCUT2D eigenvalue weighted by Gasteiger charge is 2.25. The lowest BCUT2D eigenvalue weighted by atomic mass is 9.92. The van der Waals surface area contributed by atoms with Crippen molar-refractivity contribution in [2.45, 2.75) is 25.1 Å². The fourth-order valence-electron chi connectivity index (χ4n) is 0.485. The van der Waals surface area contributed by atoms with Gasteiger partial charge in [0.15, 0.2) is 0 Å². The third kappa shape index (κ3) is 0.411. The van der Waals surface area contributed by atoms with Gasteiger partial charge >= 0.3 is 0 Å². The van der Waals surface area contributed by atoms with Gasteiger partial charge in [-0.1, -0.05) is 0 Å². The molecule has 0 amide bonds. The summed E-state index contributed by atoms with van der Waals surface area (Å²) >= 11 is 0. The van der Waals surface area contributed by atoms with Crippen molar-refractivity contribution in [1.29, 1.82) is 0 Å². The Labute approximate surface area is 36.3 Å². The molecule has 0 bridgehead atoms. The van der Waals surface area contributed by atoms with Crippen molar-refractivity contribution >= 4 is 0 Å². The standard InChI is InChI=1S/C4H8FN/c5-3-1-2-4(3)6/h3-4H,1-2,6H2/t3-,4-/m0/s1. The second-order valence-electron chi connectivity index (χ2n) is 1.76. The first kappa shape index (κ1) is 4.06. The van der Waals surface area contributed by atoms with Crippen LogP contribution in [0.15, 0.2) is 0 Å². The van der Waals surface area contributed by atoms with Gasteiger partial charge in [-0.3, -0.25) is 0 Å². The van der Waals surface area contributed by atoms with Gasteiger partial charge in [-0.05, 0) is 12.8 Å². The Morgan fingerprint density at radius 2 is 2.00 bits per heavy atom. The van der Waals surface area contributed by atoms with E-state index < -0.39 is 6.17 Å². The van der Waals surface area contributed by atoms with E-state index in [1.165, 1.54) is 0 Å². The number of rotatable bonds is 0. The Morgan fingerprint density at radius 3 is 2.00 bits per heavy atom. The lowest BCUT2D eigenvalue weighted by molar-refractivity contribution is 0.173. The van der Waals surface area contributed by atoms with E-state index in [2.05, 4.69) is 0 Å². The summed E-state index contributed by atoms with van der Waals surface area (Å²) in [4.78, 5) is 0. The average molecular weight is 89.1 g/mol. The molecule has 0 heterocycles. The number of alkyl halides is 1. The predicted molar refractivity (Wildman–Crippen MR) is 22.1 cm³/mol. The Bertz CT molecular complexity index is 47.5. The van der Waals surface area contributed by atoms with E-state index in [1.54, 1.807) is 0 Å². The van der Waals surface area contributed by atoms with Crippen molar-refractivity contribution in [1.82, 2.24) is 0 Å². The quantitative estimate of drug-likeness (QED) is 0.458. The molecule has 0 aromatic carbocycles. The maximum absolute atomic E-state index is 11.8. The van der Waals surface area contributed by atoms with Crippen LogP contribution in [0.4, 0.5) is 4.39 Å². The molecule has 0 aromatic rings. The van der Waals surface area contributed by atoms with Crippen LogP contribution in [0.1, 0.15) is 12.8 Å². The Balaban J connectivity index is 2.20. The van der Waals surface area contributed by atoms with E-state index in [0.29, 0.717) is 6.42 Å². The summed E-state index contributed by atoms with van der Waals surface area (Å²) in [6, 6.07) is -0.134. The number of nitrogens with two attached hydrogens (primary N) is 1. The van der Waals surface area contributed by atoms with Crippen LogP contribution in [0.2, 0.25) is 0 Å². The second kappa shape index (κ2) is 1.19. The van der Waals surface area contributed by atoms with Crippen molar-refractivity contribution in [3.05, 3.63) is 0 Å². The Morgan fingerprint density at radius 1 is 1.50 bits per heavy atom. The monoisotopic (exact) mass is 89.1 g/mol. The molecular weight excluding hydrogens is 81.0 g/mol. The predicted octanol–water partition coefficient (Wildman–Crippen LogP) is 0.446. The van der Waals surface area contributed by atoms with Crippen LogP contribution in [0.5, 0.6) is 0 Å². The van der Waals surface area contributed by atoms with Crippen LogP contribution in [-0.4, -0.2) is 12.2 Å². The molecule has 0 unspecified atom stereocenters. The average Bonchev–Trinajstić information content (AvgIpc) is 1.61. The number of halogens is 1. The summed E-state index contributed by atoms with van der Waals surface area (Å²) in [7, 11) is 0. The molecule has 2 atom stereocenters. The van der Waals surface area contributed by atoms with Gasteiger partial charge in [-0.2, -0.15) is 0 Å². The van der Waals surface area contributed by atoms with Crippen molar-refractivity contribution in [2.75, 3.05) is 0 Å². The lowest BCUT2D eigenvalue weighted by Crippen LogP contribution is -2.40. The minimum atomic E-state index is -0.690. The van der Waals surface area contributed by atoms with Gasteiger partial charge in [0.1, 0.15) is 6.17 Å². The van der Waals surface area contributed by atoms with E-state index in [0.717, 1.165) is 6.42 Å². The van der Waals surface area contributed by atoms with E-state index in [4.69, 9.17) is 5.73 Å². The minimum absolute atomic E-state index is 0.134. The summed E-state index contributed by atoms with van der Waals surface area (Å²) < 4.78 is 11.8. The van der Waals surface area contributed by atoms with Gasteiger partial charge in [0.2, 0.25) is 0 Å². The molecule has 0 radical (unpaired) electrons. The molecule has 0 aromatic heterocycles. The molecule has 36 valence electrons. The van der Waals surface area contributed by atoms with E-state index in [1.807, 2.05) is 0 Å². The first-order chi connectivity index (χ1) is 2.80. The van der Waals surface area contributed by atoms with Crippen LogP contribution in [0.3, 0.4) is 0 Å². The molecule has 0 saturated heterocycles. The maximum Gasteiger partial charge on any atom is 0.115 e. The SMILES string of the molecule is N[C@H]1CC[C@@H]1F. The number of hydrogen-bond donors (Lipinski definition) is 1. The topological polar surface area (TPSA) is 26.0 Å². The molecule has 1 nitrogen and oxygen atoms in total. The molecule has 1 saturated carbocycles. The van der Waals surface area contributed by atoms with Crippen molar-refractivity contribution in [2.24, 2.45) is 5.73 Å². The molecule has 6 heavy (non-hydrogen) atoms.